The Kier molecular flexibility index (Phi) is 5.49. The quantitative estimate of drug-likeness (QED) is 0.297. The summed E-state index contributed by atoms with van der Waals surface area (Å²) in [5.41, 5.74) is 6.58. The molecule has 2 fully saturated rings. The van der Waals surface area contributed by atoms with Crippen molar-refractivity contribution in [2.45, 2.75) is 64.0 Å². The number of ether oxygens (including phenoxy) is 2. The van der Waals surface area contributed by atoms with E-state index in [1.165, 1.54) is 48.7 Å². The van der Waals surface area contributed by atoms with Crippen LogP contribution >= 0.6 is 0 Å². The molecular weight excluding hydrogens is 458 g/mol. The molecule has 0 saturated heterocycles. The van der Waals surface area contributed by atoms with Gasteiger partial charge in [0, 0.05) is 12.2 Å². The van der Waals surface area contributed by atoms with Crippen molar-refractivity contribution in [2.75, 3.05) is 7.11 Å². The maximum absolute atomic E-state index is 6.20. The van der Waals surface area contributed by atoms with Crippen LogP contribution in [0.5, 0.6) is 11.5 Å². The third kappa shape index (κ3) is 3.65. The van der Waals surface area contributed by atoms with Gasteiger partial charge >= 0.3 is 0 Å². The van der Waals surface area contributed by atoms with Crippen molar-refractivity contribution in [2.24, 2.45) is 17.3 Å². The molecule has 5 nitrogen and oxygen atoms in total. The number of aryl methyl sites for hydroxylation is 1. The second-order valence-corrected chi connectivity index (χ2v) is 11.5. The normalized spacial score (nSPS) is 28.4. The summed E-state index contributed by atoms with van der Waals surface area (Å²) in [4.78, 5) is 9.14. The van der Waals surface area contributed by atoms with Crippen LogP contribution in [0.15, 0.2) is 67.1 Å². The number of imidazole rings is 1. The van der Waals surface area contributed by atoms with Crippen LogP contribution in [0.3, 0.4) is 0 Å². The van der Waals surface area contributed by atoms with Crippen molar-refractivity contribution < 1.29 is 9.47 Å². The standard InChI is InChI=1S/C32H35N3O2/c1-32-15-14-23-24(26(32)12-13-31(32)35-20-34-27-8-3-4-9-28(27)35)11-10-21-17-30(29(36-2)18-25(21)23)37-19-22-7-5-6-16-33-22/h3-9,16-18,20,23-24,26,31H,10-15,19H2,1-2H3/t23-,24+,26-,31?,32-/m0/s1. The predicted octanol–water partition coefficient (Wildman–Crippen LogP) is 7.12. The highest BCUT2D eigenvalue weighted by Crippen LogP contribution is 2.64. The van der Waals surface area contributed by atoms with Gasteiger partial charge in [-0.3, -0.25) is 4.98 Å². The number of methoxy groups -OCH3 is 1. The topological polar surface area (TPSA) is 49.2 Å². The maximum atomic E-state index is 6.20. The van der Waals surface area contributed by atoms with E-state index in [1.807, 2.05) is 24.4 Å². The van der Waals surface area contributed by atoms with Gasteiger partial charge < -0.3 is 14.0 Å². The van der Waals surface area contributed by atoms with Crippen LogP contribution in [0.2, 0.25) is 0 Å². The lowest BCUT2D eigenvalue weighted by atomic mass is 9.55. The minimum Gasteiger partial charge on any atom is -0.493 e. The van der Waals surface area contributed by atoms with E-state index in [0.29, 0.717) is 24.0 Å². The minimum atomic E-state index is 0.317. The fraction of sp³-hybridized carbons (Fsp3) is 0.438. The fourth-order valence-corrected chi connectivity index (χ4v) is 8.14. The van der Waals surface area contributed by atoms with E-state index in [1.54, 1.807) is 7.11 Å². The lowest BCUT2D eigenvalue weighted by Crippen LogP contribution is -2.42. The Morgan fingerprint density at radius 3 is 2.73 bits per heavy atom. The van der Waals surface area contributed by atoms with Gasteiger partial charge in [0.15, 0.2) is 11.5 Å². The Balaban J connectivity index is 1.16. The van der Waals surface area contributed by atoms with Gasteiger partial charge in [0.05, 0.1) is 30.2 Å². The molecule has 5 heteroatoms. The van der Waals surface area contributed by atoms with E-state index in [9.17, 15) is 0 Å². The van der Waals surface area contributed by atoms with Crippen LogP contribution in [-0.2, 0) is 13.0 Å². The molecule has 0 bridgehead atoms. The fourth-order valence-electron chi connectivity index (χ4n) is 8.14. The Morgan fingerprint density at radius 1 is 0.973 bits per heavy atom. The Morgan fingerprint density at radius 2 is 1.86 bits per heavy atom. The predicted molar refractivity (Wildman–Crippen MR) is 145 cm³/mol. The van der Waals surface area contributed by atoms with Gasteiger partial charge in [-0.05, 0) is 109 Å². The molecule has 2 heterocycles. The average molecular weight is 494 g/mol. The highest BCUT2D eigenvalue weighted by atomic mass is 16.5. The number of pyridine rings is 1. The van der Waals surface area contributed by atoms with E-state index in [0.717, 1.165) is 41.0 Å². The van der Waals surface area contributed by atoms with Gasteiger partial charge in [-0.15, -0.1) is 0 Å². The number of rotatable bonds is 5. The molecule has 5 atom stereocenters. The summed E-state index contributed by atoms with van der Waals surface area (Å²) in [6.07, 6.45) is 11.4. The molecule has 2 aromatic carbocycles. The molecule has 4 aromatic rings. The lowest BCUT2D eigenvalue weighted by molar-refractivity contribution is 0.0330. The number of nitrogens with zero attached hydrogens (tertiary/aromatic N) is 3. The minimum absolute atomic E-state index is 0.317. The molecule has 0 spiro atoms. The number of hydrogen-bond acceptors (Lipinski definition) is 4. The summed E-state index contributed by atoms with van der Waals surface area (Å²) >= 11 is 0. The second kappa shape index (κ2) is 8.90. The molecule has 0 radical (unpaired) electrons. The molecule has 0 N–H and O–H groups in total. The molecule has 3 aliphatic carbocycles. The summed E-state index contributed by atoms with van der Waals surface area (Å²) in [5.74, 6) is 3.77. The zero-order valence-corrected chi connectivity index (χ0v) is 21.8. The Bertz CT molecular complexity index is 1430. The first kappa shape index (κ1) is 22.8. The lowest BCUT2D eigenvalue weighted by Gasteiger charge is -2.51. The van der Waals surface area contributed by atoms with Gasteiger partial charge in [0.2, 0.25) is 0 Å². The third-order valence-electron chi connectivity index (χ3n) is 9.88. The number of para-hydroxylation sites is 2. The van der Waals surface area contributed by atoms with Gasteiger partial charge in [-0.1, -0.05) is 25.1 Å². The zero-order chi connectivity index (χ0) is 25.0. The van der Waals surface area contributed by atoms with E-state index in [2.05, 4.69) is 59.2 Å². The van der Waals surface area contributed by atoms with Crippen LogP contribution in [0.1, 0.15) is 67.8 Å². The molecule has 3 aliphatic rings. The van der Waals surface area contributed by atoms with E-state index >= 15 is 0 Å². The summed E-state index contributed by atoms with van der Waals surface area (Å²) in [7, 11) is 1.75. The smallest absolute Gasteiger partial charge is 0.162 e. The van der Waals surface area contributed by atoms with Crippen molar-refractivity contribution in [3.8, 4) is 11.5 Å². The molecule has 190 valence electrons. The largest absolute Gasteiger partial charge is 0.493 e. The van der Waals surface area contributed by atoms with Crippen LogP contribution in [0.4, 0.5) is 0 Å². The number of aromatic nitrogens is 3. The molecular formula is C32H35N3O2. The van der Waals surface area contributed by atoms with Crippen molar-refractivity contribution >= 4 is 11.0 Å². The third-order valence-corrected chi connectivity index (χ3v) is 9.88. The van der Waals surface area contributed by atoms with E-state index < -0.39 is 0 Å². The summed E-state index contributed by atoms with van der Waals surface area (Å²) < 4.78 is 14.5. The monoisotopic (exact) mass is 493 g/mol. The summed E-state index contributed by atoms with van der Waals surface area (Å²) in [6, 6.07) is 19.6. The molecule has 37 heavy (non-hydrogen) atoms. The van der Waals surface area contributed by atoms with Gasteiger partial charge in [-0.2, -0.15) is 0 Å². The van der Waals surface area contributed by atoms with E-state index in [-0.39, 0.29) is 0 Å². The van der Waals surface area contributed by atoms with Crippen molar-refractivity contribution in [3.05, 3.63) is 83.9 Å². The van der Waals surface area contributed by atoms with Crippen molar-refractivity contribution in [1.29, 1.82) is 0 Å². The number of benzene rings is 2. The van der Waals surface area contributed by atoms with E-state index in [4.69, 9.17) is 14.5 Å². The maximum Gasteiger partial charge on any atom is 0.162 e. The molecule has 0 amide bonds. The highest BCUT2D eigenvalue weighted by molar-refractivity contribution is 5.75. The van der Waals surface area contributed by atoms with Crippen LogP contribution in [0.25, 0.3) is 11.0 Å². The zero-order valence-electron chi connectivity index (χ0n) is 21.8. The number of fused-ring (bicyclic) bond motifs is 6. The first-order valence-corrected chi connectivity index (χ1v) is 13.8. The SMILES string of the molecule is COc1cc2c(cc1OCc1ccccn1)CC[C@@H]1[C@@H]2CC[C@]2(C)C(n3cnc4ccccc43)CC[C@@H]12. The first-order valence-electron chi connectivity index (χ1n) is 13.8. The molecule has 2 saturated carbocycles. The average Bonchev–Trinajstić information content (AvgIpc) is 3.52. The summed E-state index contributed by atoms with van der Waals surface area (Å²) in [5, 5.41) is 0. The highest BCUT2D eigenvalue weighted by Gasteiger charge is 2.55. The van der Waals surface area contributed by atoms with Crippen molar-refractivity contribution in [1.82, 2.24) is 14.5 Å². The molecule has 0 aliphatic heterocycles. The van der Waals surface area contributed by atoms with Gasteiger partial charge in [0.25, 0.3) is 0 Å². The van der Waals surface area contributed by atoms with Gasteiger partial charge in [-0.25, -0.2) is 4.98 Å². The summed E-state index contributed by atoms with van der Waals surface area (Å²) in [6.45, 7) is 3.03. The van der Waals surface area contributed by atoms with Crippen LogP contribution in [-0.4, -0.2) is 21.6 Å². The molecule has 1 unspecified atom stereocenters. The molecule has 2 aromatic heterocycles. The Labute approximate surface area is 218 Å². The van der Waals surface area contributed by atoms with Crippen LogP contribution < -0.4 is 9.47 Å². The first-order chi connectivity index (χ1) is 18.2. The Hall–Kier alpha value is -3.34. The number of hydrogen-bond donors (Lipinski definition) is 0. The van der Waals surface area contributed by atoms with Gasteiger partial charge in [0.1, 0.15) is 6.61 Å². The molecule has 7 rings (SSSR count). The van der Waals surface area contributed by atoms with Crippen LogP contribution in [0, 0.1) is 17.3 Å². The van der Waals surface area contributed by atoms with Crippen molar-refractivity contribution in [3.63, 3.8) is 0 Å². The second-order valence-electron chi connectivity index (χ2n) is 11.5.